The molecule has 29 heavy (non-hydrogen) atoms. The van der Waals surface area contributed by atoms with E-state index in [1.807, 2.05) is 4.98 Å². The lowest BCUT2D eigenvalue weighted by molar-refractivity contribution is -0.0963. The summed E-state index contributed by atoms with van der Waals surface area (Å²) in [5, 5.41) is 19.3. The molecule has 1 aromatic heterocycles. The van der Waals surface area contributed by atoms with E-state index in [4.69, 9.17) is 14.5 Å². The first-order valence-corrected chi connectivity index (χ1v) is 14.6. The minimum absolute atomic E-state index is 0.694. The van der Waals surface area contributed by atoms with Crippen LogP contribution in [0.15, 0.2) is 21.9 Å². The third-order valence-corrected chi connectivity index (χ3v) is 9.26. The van der Waals surface area contributed by atoms with Gasteiger partial charge in [0, 0.05) is 12.3 Å². The number of nitrogens with zero attached hydrogens (tertiary/aromatic N) is 1. The second kappa shape index (κ2) is 7.94. The number of nitrogens with one attached hydrogen (secondary N) is 1. The third kappa shape index (κ3) is 5.03. The summed E-state index contributed by atoms with van der Waals surface area (Å²) in [7, 11) is -13.3. The summed E-state index contributed by atoms with van der Waals surface area (Å²) >= 11 is 0. The average molecular weight is 476 g/mol. The molecule has 0 aromatic carbocycles. The normalized spacial score (nSPS) is 30.3. The largest absolute Gasteiger partial charge is 0.481 e. The fourth-order valence-electron chi connectivity index (χ4n) is 3.12. The van der Waals surface area contributed by atoms with E-state index in [1.54, 1.807) is 19.6 Å². The molecule has 14 nitrogen and oxygen atoms in total. The van der Waals surface area contributed by atoms with E-state index in [0.717, 1.165) is 16.8 Å². The molecule has 1 fully saturated rings. The van der Waals surface area contributed by atoms with Crippen molar-refractivity contribution in [2.45, 2.75) is 43.3 Å². The Morgan fingerprint density at radius 3 is 2.31 bits per heavy atom. The number of phosphoric ester groups is 1. The van der Waals surface area contributed by atoms with Crippen LogP contribution in [0.25, 0.3) is 0 Å². The van der Waals surface area contributed by atoms with Crippen molar-refractivity contribution < 1.29 is 47.6 Å². The number of hydrogen-bond donors (Lipinski definition) is 6. The van der Waals surface area contributed by atoms with E-state index in [1.165, 1.54) is 0 Å². The van der Waals surface area contributed by atoms with Crippen LogP contribution in [-0.4, -0.2) is 67.4 Å². The number of phosphoric acid groups is 2. The van der Waals surface area contributed by atoms with Gasteiger partial charge in [0.2, 0.25) is 0 Å². The first-order valence-electron chi connectivity index (χ1n) is 8.11. The second-order valence-electron chi connectivity index (χ2n) is 7.35. The second-order valence-corrected chi connectivity index (χ2v) is 15.4. The average Bonchev–Trinajstić information content (AvgIpc) is 2.76. The topological polar surface area (TPSA) is 218 Å². The van der Waals surface area contributed by atoms with E-state index in [9.17, 15) is 33.8 Å². The molecule has 166 valence electrons. The van der Waals surface area contributed by atoms with E-state index >= 15 is 0 Å². The highest BCUT2D eigenvalue weighted by Gasteiger charge is 2.62. The van der Waals surface area contributed by atoms with Crippen LogP contribution in [0.4, 0.5) is 0 Å². The number of aliphatic hydroxyl groups is 2. The van der Waals surface area contributed by atoms with E-state index in [0.29, 0.717) is 0 Å². The van der Waals surface area contributed by atoms with E-state index in [2.05, 4.69) is 8.83 Å². The molecule has 2 heterocycles. The zero-order valence-corrected chi connectivity index (χ0v) is 18.3. The molecule has 1 unspecified atom stereocenters. The van der Waals surface area contributed by atoms with E-state index < -0.39 is 65.2 Å². The van der Waals surface area contributed by atoms with Gasteiger partial charge in [0.1, 0.15) is 26.4 Å². The molecule has 6 N–H and O–H groups in total. The Labute approximate surface area is 164 Å². The molecule has 17 heteroatoms. The minimum Gasteiger partial charge on any atom is -0.387 e. The number of aromatic amines is 1. The maximum atomic E-state index is 12.3. The minimum atomic E-state index is -5.35. The van der Waals surface area contributed by atoms with Crippen LogP contribution in [0.2, 0.25) is 19.6 Å². The number of aromatic nitrogens is 2. The van der Waals surface area contributed by atoms with Gasteiger partial charge in [0.15, 0.2) is 5.35 Å². The zero-order chi connectivity index (χ0) is 22.4. The molecule has 0 bridgehead atoms. The molecule has 2 rings (SSSR count). The number of ether oxygens (including phenoxy) is 1. The van der Waals surface area contributed by atoms with Gasteiger partial charge in [-0.2, -0.15) is 4.31 Å². The summed E-state index contributed by atoms with van der Waals surface area (Å²) in [5.74, 6) is 0. The van der Waals surface area contributed by atoms with Crippen molar-refractivity contribution in [3.05, 3.63) is 33.1 Å². The van der Waals surface area contributed by atoms with Crippen molar-refractivity contribution in [1.82, 2.24) is 9.55 Å². The fourth-order valence-corrected chi connectivity index (χ4v) is 7.18. The summed E-state index contributed by atoms with van der Waals surface area (Å²) in [6.07, 6.45) is -3.80. The Balaban J connectivity index is 2.40. The molecule has 0 amide bonds. The smallest absolute Gasteiger partial charge is 0.387 e. The number of hydrogen-bond acceptors (Lipinski definition) is 9. The summed E-state index contributed by atoms with van der Waals surface area (Å²) < 4.78 is 37.2. The molecule has 0 saturated carbocycles. The van der Waals surface area contributed by atoms with Crippen molar-refractivity contribution in [2.24, 2.45) is 0 Å². The Hall–Kier alpha value is -0.963. The highest BCUT2D eigenvalue weighted by Crippen LogP contribution is 2.58. The maximum Gasteiger partial charge on any atom is 0.481 e. The van der Waals surface area contributed by atoms with Crippen LogP contribution in [0, 0.1) is 0 Å². The predicted molar refractivity (Wildman–Crippen MR) is 98.4 cm³/mol. The molecule has 0 spiro atoms. The number of aliphatic hydroxyl groups excluding tert-OH is 2. The monoisotopic (exact) mass is 476 g/mol. The summed E-state index contributed by atoms with van der Waals surface area (Å²) in [4.78, 5) is 52.4. The van der Waals surface area contributed by atoms with Crippen LogP contribution in [0.3, 0.4) is 0 Å². The molecule has 0 radical (unpaired) electrons. The highest BCUT2D eigenvalue weighted by atomic mass is 31.3. The van der Waals surface area contributed by atoms with Gasteiger partial charge in [-0.1, -0.05) is 19.6 Å². The molecule has 5 atom stereocenters. The molecular formula is C12H22N2O12P2Si. The van der Waals surface area contributed by atoms with Crippen molar-refractivity contribution in [1.29, 1.82) is 0 Å². The molecule has 0 aliphatic carbocycles. The Kier molecular flexibility index (Phi) is 6.66. The third-order valence-electron chi connectivity index (χ3n) is 4.30. The SMILES string of the molecule is C[Si](C)(C)[C@@]1(n2ccc(=O)[nH]c2=O)O[C@H](COP(=O)(O)OP(=O)(O)O)[C@@H](O)[C@H]1O. The van der Waals surface area contributed by atoms with E-state index in [-0.39, 0.29) is 0 Å². The summed E-state index contributed by atoms with van der Waals surface area (Å²) in [5.41, 5.74) is -1.61. The standard InChI is InChI=1S/C12H22N2O12P2Si/c1-29(2,3)12(14-5-4-8(15)13-11(14)18)10(17)9(16)7(25-12)6-24-28(22,23)26-27(19,20)21/h4-5,7,9-10,16-17H,6H2,1-3H3,(H,22,23)(H,13,15,18)(H2,19,20,21)/t7-,9-,10-,12+/m1/s1. The quantitative estimate of drug-likeness (QED) is 0.194. The number of H-pyrrole nitrogens is 1. The summed E-state index contributed by atoms with van der Waals surface area (Å²) in [6, 6.07) is 1.02. The van der Waals surface area contributed by atoms with Gasteiger partial charge in [-0.15, -0.1) is 0 Å². The van der Waals surface area contributed by atoms with Gasteiger partial charge >= 0.3 is 21.3 Å². The fraction of sp³-hybridized carbons (Fsp3) is 0.667. The van der Waals surface area contributed by atoms with Crippen molar-refractivity contribution in [3.63, 3.8) is 0 Å². The van der Waals surface area contributed by atoms with Crippen molar-refractivity contribution in [2.75, 3.05) is 6.61 Å². The molecule has 1 saturated heterocycles. The lowest BCUT2D eigenvalue weighted by atomic mass is 10.1. The van der Waals surface area contributed by atoms with Crippen molar-refractivity contribution >= 4 is 23.7 Å². The van der Waals surface area contributed by atoms with Gasteiger partial charge in [0.05, 0.1) is 6.61 Å². The Bertz CT molecular complexity index is 967. The molecule has 1 aliphatic rings. The number of rotatable bonds is 7. The predicted octanol–water partition coefficient (Wildman–Crippen LogP) is -1.59. The van der Waals surface area contributed by atoms with Gasteiger partial charge in [-0.25, -0.2) is 13.9 Å². The van der Waals surface area contributed by atoms with Crippen LogP contribution in [0.1, 0.15) is 0 Å². The van der Waals surface area contributed by atoms with Crippen LogP contribution < -0.4 is 11.2 Å². The van der Waals surface area contributed by atoms with Gasteiger partial charge in [-0.05, 0) is 0 Å². The van der Waals surface area contributed by atoms with Gasteiger partial charge in [0.25, 0.3) is 5.56 Å². The van der Waals surface area contributed by atoms with Crippen molar-refractivity contribution in [3.8, 4) is 0 Å². The van der Waals surface area contributed by atoms with Crippen LogP contribution in [0.5, 0.6) is 0 Å². The molecular weight excluding hydrogens is 454 g/mol. The first-order chi connectivity index (χ1) is 13.0. The lowest BCUT2D eigenvalue weighted by Gasteiger charge is -2.43. The molecule has 1 aliphatic heterocycles. The lowest BCUT2D eigenvalue weighted by Crippen LogP contribution is -2.64. The van der Waals surface area contributed by atoms with Gasteiger partial charge in [-0.3, -0.25) is 18.9 Å². The van der Waals surface area contributed by atoms with Crippen LogP contribution >= 0.6 is 15.6 Å². The maximum absolute atomic E-state index is 12.3. The Morgan fingerprint density at radius 2 is 1.83 bits per heavy atom. The molecule has 1 aromatic rings. The zero-order valence-electron chi connectivity index (χ0n) is 15.5. The van der Waals surface area contributed by atoms with Crippen LogP contribution in [-0.2, 0) is 28.0 Å². The van der Waals surface area contributed by atoms with Gasteiger partial charge < -0.3 is 29.6 Å². The summed E-state index contributed by atoms with van der Waals surface area (Å²) in [6.45, 7) is 4.21. The first kappa shape index (κ1) is 24.3. The highest BCUT2D eigenvalue weighted by molar-refractivity contribution is 7.60. The Morgan fingerprint density at radius 1 is 1.24 bits per heavy atom.